The van der Waals surface area contributed by atoms with Gasteiger partial charge in [-0.05, 0) is 37.5 Å². The Hall–Kier alpha value is -1.06. The van der Waals surface area contributed by atoms with Gasteiger partial charge >= 0.3 is 0 Å². The standard InChI is InChI=1S/C21H36N4O2.HI/c1-16(2)20(25-10-12-26-13-11-25)15-24-21(22-5)23-14-18-6-8-19(9-7-18)27-17(3)4;/h6-9,16-17,20H,10-15H2,1-5H3,(H2,22,23,24);1H. The third-order valence-corrected chi connectivity index (χ3v) is 4.74. The van der Waals surface area contributed by atoms with E-state index < -0.39 is 0 Å². The average molecular weight is 504 g/mol. The Bertz CT molecular complexity index is 572. The van der Waals surface area contributed by atoms with Gasteiger partial charge in [-0.15, -0.1) is 24.0 Å². The molecule has 1 aliphatic heterocycles. The molecular weight excluding hydrogens is 467 g/mol. The molecule has 0 amide bonds. The highest BCUT2D eigenvalue weighted by atomic mass is 127. The number of morpholine rings is 1. The average Bonchev–Trinajstić information content (AvgIpc) is 2.65. The molecule has 2 rings (SSSR count). The Morgan fingerprint density at radius 1 is 1.11 bits per heavy atom. The van der Waals surface area contributed by atoms with Crippen LogP contribution in [0.1, 0.15) is 33.3 Å². The van der Waals surface area contributed by atoms with Crippen LogP contribution in [0.3, 0.4) is 0 Å². The van der Waals surface area contributed by atoms with Gasteiger partial charge in [0, 0.05) is 39.3 Å². The highest BCUT2D eigenvalue weighted by Crippen LogP contribution is 2.14. The van der Waals surface area contributed by atoms with Gasteiger partial charge in [0.25, 0.3) is 0 Å². The lowest BCUT2D eigenvalue weighted by Crippen LogP contribution is -2.52. The van der Waals surface area contributed by atoms with Gasteiger partial charge < -0.3 is 20.1 Å². The van der Waals surface area contributed by atoms with Gasteiger partial charge in [-0.2, -0.15) is 0 Å². The van der Waals surface area contributed by atoms with Crippen molar-refractivity contribution in [3.05, 3.63) is 29.8 Å². The normalized spacial score (nSPS) is 16.6. The van der Waals surface area contributed by atoms with E-state index in [-0.39, 0.29) is 30.1 Å². The summed E-state index contributed by atoms with van der Waals surface area (Å²) in [5, 5.41) is 6.89. The number of guanidine groups is 1. The van der Waals surface area contributed by atoms with Crippen molar-refractivity contribution in [3.8, 4) is 5.75 Å². The zero-order valence-electron chi connectivity index (χ0n) is 17.9. The predicted octanol–water partition coefficient (Wildman–Crippen LogP) is 3.11. The highest BCUT2D eigenvalue weighted by molar-refractivity contribution is 14.0. The Balaban J connectivity index is 0.00000392. The fourth-order valence-corrected chi connectivity index (χ4v) is 3.26. The maximum atomic E-state index is 5.69. The van der Waals surface area contributed by atoms with Gasteiger partial charge in [0.1, 0.15) is 5.75 Å². The predicted molar refractivity (Wildman–Crippen MR) is 127 cm³/mol. The van der Waals surface area contributed by atoms with Crippen molar-refractivity contribution < 1.29 is 9.47 Å². The van der Waals surface area contributed by atoms with E-state index >= 15 is 0 Å². The molecule has 0 saturated carbocycles. The monoisotopic (exact) mass is 504 g/mol. The molecule has 1 aromatic carbocycles. The SMILES string of the molecule is CN=C(NCc1ccc(OC(C)C)cc1)NCC(C(C)C)N1CCOCC1.I. The van der Waals surface area contributed by atoms with Gasteiger partial charge in [-0.1, -0.05) is 26.0 Å². The third kappa shape index (κ3) is 8.53. The van der Waals surface area contributed by atoms with E-state index in [0.717, 1.165) is 51.1 Å². The summed E-state index contributed by atoms with van der Waals surface area (Å²) in [5.74, 6) is 2.31. The third-order valence-electron chi connectivity index (χ3n) is 4.74. The minimum atomic E-state index is 0. The van der Waals surface area contributed by atoms with Crippen molar-refractivity contribution in [1.29, 1.82) is 0 Å². The number of hydrogen-bond donors (Lipinski definition) is 2. The van der Waals surface area contributed by atoms with Crippen LogP contribution in [-0.4, -0.2) is 62.9 Å². The number of nitrogens with one attached hydrogen (secondary N) is 2. The van der Waals surface area contributed by atoms with Crippen LogP contribution in [0.2, 0.25) is 0 Å². The summed E-state index contributed by atoms with van der Waals surface area (Å²) in [6.45, 7) is 13.9. The molecule has 1 unspecified atom stereocenters. The number of hydrogen-bond acceptors (Lipinski definition) is 4. The summed E-state index contributed by atoms with van der Waals surface area (Å²) < 4.78 is 11.2. The minimum absolute atomic E-state index is 0. The molecule has 28 heavy (non-hydrogen) atoms. The van der Waals surface area contributed by atoms with E-state index in [1.807, 2.05) is 33.0 Å². The van der Waals surface area contributed by atoms with Crippen molar-refractivity contribution in [2.75, 3.05) is 39.9 Å². The first kappa shape index (κ1) is 25.0. The minimum Gasteiger partial charge on any atom is -0.491 e. The molecule has 0 aliphatic carbocycles. The topological polar surface area (TPSA) is 58.1 Å². The molecule has 1 heterocycles. The van der Waals surface area contributed by atoms with Crippen LogP contribution in [0.25, 0.3) is 0 Å². The van der Waals surface area contributed by atoms with Crippen molar-refractivity contribution in [2.45, 2.75) is 46.4 Å². The molecule has 0 spiro atoms. The van der Waals surface area contributed by atoms with Crippen molar-refractivity contribution in [2.24, 2.45) is 10.9 Å². The van der Waals surface area contributed by atoms with Crippen molar-refractivity contribution >= 4 is 29.9 Å². The molecular formula is C21H37IN4O2. The first-order valence-corrected chi connectivity index (χ1v) is 10.0. The van der Waals surface area contributed by atoms with Gasteiger partial charge in [-0.3, -0.25) is 9.89 Å². The van der Waals surface area contributed by atoms with Crippen LogP contribution in [0.4, 0.5) is 0 Å². The summed E-state index contributed by atoms with van der Waals surface area (Å²) in [6.07, 6.45) is 0.192. The first-order chi connectivity index (χ1) is 13.0. The molecule has 0 bridgehead atoms. The van der Waals surface area contributed by atoms with Gasteiger partial charge in [0.2, 0.25) is 0 Å². The lowest BCUT2D eigenvalue weighted by Gasteiger charge is -2.37. The molecule has 0 radical (unpaired) electrons. The van der Waals surface area contributed by atoms with E-state index in [0.29, 0.717) is 12.0 Å². The molecule has 1 fully saturated rings. The van der Waals surface area contributed by atoms with E-state index in [1.165, 1.54) is 5.56 Å². The lowest BCUT2D eigenvalue weighted by molar-refractivity contribution is 0.00752. The molecule has 7 heteroatoms. The van der Waals surface area contributed by atoms with Crippen molar-refractivity contribution in [1.82, 2.24) is 15.5 Å². The second-order valence-electron chi connectivity index (χ2n) is 7.58. The molecule has 1 atom stereocenters. The quantitative estimate of drug-likeness (QED) is 0.324. The summed E-state index contributed by atoms with van der Waals surface area (Å²) >= 11 is 0. The number of ether oxygens (including phenoxy) is 2. The van der Waals surface area contributed by atoms with Gasteiger partial charge in [0.05, 0.1) is 19.3 Å². The lowest BCUT2D eigenvalue weighted by atomic mass is 10.0. The fraction of sp³-hybridized carbons (Fsp3) is 0.667. The number of aliphatic imine (C=N–C) groups is 1. The largest absolute Gasteiger partial charge is 0.491 e. The Kier molecular flexibility index (Phi) is 11.8. The van der Waals surface area contributed by atoms with E-state index in [1.54, 1.807) is 0 Å². The van der Waals surface area contributed by atoms with Crippen LogP contribution in [0, 0.1) is 5.92 Å². The molecule has 160 valence electrons. The molecule has 1 aliphatic rings. The zero-order valence-corrected chi connectivity index (χ0v) is 20.2. The molecule has 2 N–H and O–H groups in total. The zero-order chi connectivity index (χ0) is 19.6. The molecule has 6 nitrogen and oxygen atoms in total. The Morgan fingerprint density at radius 3 is 2.29 bits per heavy atom. The maximum Gasteiger partial charge on any atom is 0.191 e. The second kappa shape index (κ2) is 13.2. The fourth-order valence-electron chi connectivity index (χ4n) is 3.26. The van der Waals surface area contributed by atoms with Gasteiger partial charge in [0.15, 0.2) is 5.96 Å². The number of benzene rings is 1. The van der Waals surface area contributed by atoms with Crippen LogP contribution >= 0.6 is 24.0 Å². The Labute approximate surface area is 187 Å². The summed E-state index contributed by atoms with van der Waals surface area (Å²) in [7, 11) is 1.81. The summed E-state index contributed by atoms with van der Waals surface area (Å²) in [6, 6.07) is 8.67. The number of rotatable bonds is 8. The van der Waals surface area contributed by atoms with Crippen molar-refractivity contribution in [3.63, 3.8) is 0 Å². The van der Waals surface area contributed by atoms with E-state index in [9.17, 15) is 0 Å². The molecule has 1 aromatic rings. The molecule has 0 aromatic heterocycles. The number of halogens is 1. The highest BCUT2D eigenvalue weighted by Gasteiger charge is 2.23. The smallest absolute Gasteiger partial charge is 0.191 e. The van der Waals surface area contributed by atoms with Gasteiger partial charge in [-0.25, -0.2) is 0 Å². The van der Waals surface area contributed by atoms with E-state index in [2.05, 4.69) is 46.5 Å². The van der Waals surface area contributed by atoms with Crippen LogP contribution in [-0.2, 0) is 11.3 Å². The van der Waals surface area contributed by atoms with E-state index in [4.69, 9.17) is 9.47 Å². The summed E-state index contributed by atoms with van der Waals surface area (Å²) in [5.41, 5.74) is 1.20. The number of nitrogens with zero attached hydrogens (tertiary/aromatic N) is 2. The summed E-state index contributed by atoms with van der Waals surface area (Å²) in [4.78, 5) is 6.88. The second-order valence-corrected chi connectivity index (χ2v) is 7.58. The van der Waals surface area contributed by atoms with Crippen LogP contribution in [0.15, 0.2) is 29.3 Å². The molecule has 1 saturated heterocycles. The van der Waals surface area contributed by atoms with Crippen LogP contribution in [0.5, 0.6) is 5.75 Å². The van der Waals surface area contributed by atoms with Crippen LogP contribution < -0.4 is 15.4 Å². The first-order valence-electron chi connectivity index (χ1n) is 10.0. The Morgan fingerprint density at radius 2 is 1.75 bits per heavy atom. The maximum absolute atomic E-state index is 5.69.